The number of hydrogen-bond donors (Lipinski definition) is 0. The molecular formula is C21H23NO2. The first-order valence-electron chi connectivity index (χ1n) is 8.35. The first kappa shape index (κ1) is 16.3. The molecule has 0 bridgehead atoms. The minimum Gasteiger partial charge on any atom is -0.489 e. The van der Waals surface area contributed by atoms with Gasteiger partial charge in [-0.15, -0.1) is 0 Å². The summed E-state index contributed by atoms with van der Waals surface area (Å²) in [5.74, 6) is 1.55. The van der Waals surface area contributed by atoms with Crippen molar-refractivity contribution in [2.24, 2.45) is 5.92 Å². The van der Waals surface area contributed by atoms with E-state index in [-0.39, 0.29) is 5.91 Å². The van der Waals surface area contributed by atoms with Crippen LogP contribution in [0.3, 0.4) is 0 Å². The lowest BCUT2D eigenvalue weighted by atomic mass is 10.00. The minimum atomic E-state index is 0.166. The number of rotatable bonds is 6. The Hall–Kier alpha value is -2.55. The van der Waals surface area contributed by atoms with Crippen molar-refractivity contribution in [2.75, 3.05) is 13.1 Å². The molecule has 1 amide bonds. The fourth-order valence-corrected chi connectivity index (χ4v) is 2.92. The zero-order valence-electron chi connectivity index (χ0n) is 14.1. The zero-order chi connectivity index (χ0) is 16.9. The molecule has 3 heteroatoms. The van der Waals surface area contributed by atoms with Crippen molar-refractivity contribution in [1.82, 2.24) is 4.90 Å². The molecule has 3 rings (SSSR count). The second-order valence-corrected chi connectivity index (χ2v) is 6.43. The maximum atomic E-state index is 12.4. The molecule has 1 aliphatic heterocycles. The van der Waals surface area contributed by atoms with Gasteiger partial charge in [0.2, 0.25) is 5.91 Å². The van der Waals surface area contributed by atoms with E-state index in [4.69, 9.17) is 4.74 Å². The van der Waals surface area contributed by atoms with E-state index < -0.39 is 0 Å². The molecule has 0 aliphatic carbocycles. The molecule has 0 radical (unpaired) electrons. The van der Waals surface area contributed by atoms with Crippen molar-refractivity contribution in [3.05, 3.63) is 71.8 Å². The summed E-state index contributed by atoms with van der Waals surface area (Å²) in [6.07, 6.45) is 2.17. The van der Waals surface area contributed by atoms with Crippen LogP contribution < -0.4 is 4.74 Å². The quantitative estimate of drug-likeness (QED) is 0.807. The molecule has 2 aromatic rings. The van der Waals surface area contributed by atoms with Crippen LogP contribution in [0.2, 0.25) is 0 Å². The third-order valence-corrected chi connectivity index (χ3v) is 4.32. The van der Waals surface area contributed by atoms with Gasteiger partial charge in [0.05, 0.1) is 6.42 Å². The first-order valence-corrected chi connectivity index (χ1v) is 8.35. The molecule has 124 valence electrons. The Kier molecular flexibility index (Phi) is 4.99. The van der Waals surface area contributed by atoms with Gasteiger partial charge in [-0.3, -0.25) is 4.79 Å². The van der Waals surface area contributed by atoms with Crippen LogP contribution in [-0.2, 0) is 17.8 Å². The van der Waals surface area contributed by atoms with Gasteiger partial charge in [0, 0.05) is 18.7 Å². The third-order valence-electron chi connectivity index (χ3n) is 4.32. The van der Waals surface area contributed by atoms with Crippen LogP contribution >= 0.6 is 0 Å². The van der Waals surface area contributed by atoms with Gasteiger partial charge in [0.15, 0.2) is 0 Å². The van der Waals surface area contributed by atoms with Gasteiger partial charge in [0.1, 0.15) is 12.4 Å². The summed E-state index contributed by atoms with van der Waals surface area (Å²) < 4.78 is 5.97. The number of nitrogens with zero attached hydrogens (tertiary/aromatic N) is 1. The molecule has 1 heterocycles. The molecule has 2 aromatic carbocycles. The highest BCUT2D eigenvalue weighted by atomic mass is 16.5. The molecular weight excluding hydrogens is 298 g/mol. The van der Waals surface area contributed by atoms with E-state index in [9.17, 15) is 4.79 Å². The Labute approximate surface area is 143 Å². The highest BCUT2D eigenvalue weighted by molar-refractivity contribution is 5.80. The van der Waals surface area contributed by atoms with Crippen LogP contribution in [-0.4, -0.2) is 23.9 Å². The number of likely N-dealkylation sites (tertiary alicyclic amines) is 1. The fourth-order valence-electron chi connectivity index (χ4n) is 2.92. The highest BCUT2D eigenvalue weighted by Crippen LogP contribution is 2.25. The SMILES string of the molecule is C=Cc1ccc(OCc2ccccc2)c(CC(=O)N2CC(C)C2)c1. The Morgan fingerprint density at radius 1 is 1.25 bits per heavy atom. The van der Waals surface area contributed by atoms with E-state index >= 15 is 0 Å². The molecule has 1 fully saturated rings. The summed E-state index contributed by atoms with van der Waals surface area (Å²) in [7, 11) is 0. The maximum Gasteiger partial charge on any atom is 0.227 e. The average molecular weight is 321 g/mol. The van der Waals surface area contributed by atoms with Crippen LogP contribution in [0, 0.1) is 5.92 Å². The van der Waals surface area contributed by atoms with Crippen LogP contribution in [0.15, 0.2) is 55.1 Å². The summed E-state index contributed by atoms with van der Waals surface area (Å²) in [6, 6.07) is 15.9. The van der Waals surface area contributed by atoms with Gasteiger partial charge < -0.3 is 9.64 Å². The van der Waals surface area contributed by atoms with Crippen LogP contribution in [0.1, 0.15) is 23.6 Å². The van der Waals surface area contributed by atoms with E-state index in [0.29, 0.717) is 18.9 Å². The summed E-state index contributed by atoms with van der Waals surface area (Å²) in [5.41, 5.74) is 3.04. The largest absolute Gasteiger partial charge is 0.489 e. The number of ether oxygens (including phenoxy) is 1. The van der Waals surface area contributed by atoms with Crippen molar-refractivity contribution in [2.45, 2.75) is 20.0 Å². The molecule has 1 saturated heterocycles. The molecule has 0 aromatic heterocycles. The number of carbonyl (C=O) groups is 1. The van der Waals surface area contributed by atoms with Gasteiger partial charge in [-0.05, 0) is 29.2 Å². The molecule has 1 aliphatic rings. The topological polar surface area (TPSA) is 29.5 Å². The summed E-state index contributed by atoms with van der Waals surface area (Å²) in [6.45, 7) is 8.19. The smallest absolute Gasteiger partial charge is 0.227 e. The van der Waals surface area contributed by atoms with Gasteiger partial charge in [0.25, 0.3) is 0 Å². The standard InChI is InChI=1S/C21H23NO2/c1-3-17-9-10-20(24-15-18-7-5-4-6-8-18)19(11-17)12-21(23)22-13-16(2)14-22/h3-11,16H,1,12-15H2,2H3. The molecule has 0 atom stereocenters. The van der Waals surface area contributed by atoms with E-state index in [2.05, 4.69) is 13.5 Å². The molecule has 3 nitrogen and oxygen atoms in total. The Balaban J connectivity index is 1.72. The van der Waals surface area contributed by atoms with Crippen LogP contribution in [0.5, 0.6) is 5.75 Å². The monoisotopic (exact) mass is 321 g/mol. The van der Waals surface area contributed by atoms with Crippen molar-refractivity contribution in [1.29, 1.82) is 0 Å². The molecule has 24 heavy (non-hydrogen) atoms. The first-order chi connectivity index (χ1) is 11.7. The molecule has 0 saturated carbocycles. The predicted octanol–water partition coefficient (Wildman–Crippen LogP) is 3.93. The van der Waals surface area contributed by atoms with E-state index in [0.717, 1.165) is 35.5 Å². The molecule has 0 spiro atoms. The Bertz CT molecular complexity index is 718. The van der Waals surface area contributed by atoms with Gasteiger partial charge >= 0.3 is 0 Å². The Morgan fingerprint density at radius 3 is 2.67 bits per heavy atom. The fraction of sp³-hybridized carbons (Fsp3) is 0.286. The molecule has 0 unspecified atom stereocenters. The Morgan fingerprint density at radius 2 is 2.00 bits per heavy atom. The zero-order valence-corrected chi connectivity index (χ0v) is 14.1. The second-order valence-electron chi connectivity index (χ2n) is 6.43. The van der Waals surface area contributed by atoms with Gasteiger partial charge in [-0.25, -0.2) is 0 Å². The minimum absolute atomic E-state index is 0.166. The maximum absolute atomic E-state index is 12.4. The van der Waals surface area contributed by atoms with Gasteiger partial charge in [-0.1, -0.05) is 56.0 Å². The summed E-state index contributed by atoms with van der Waals surface area (Å²) >= 11 is 0. The average Bonchev–Trinajstić information content (AvgIpc) is 2.58. The second kappa shape index (κ2) is 7.35. The highest BCUT2D eigenvalue weighted by Gasteiger charge is 2.27. The lowest BCUT2D eigenvalue weighted by molar-refractivity contribution is -0.136. The van der Waals surface area contributed by atoms with Crippen LogP contribution in [0.25, 0.3) is 6.08 Å². The normalized spacial score (nSPS) is 14.1. The summed E-state index contributed by atoms with van der Waals surface area (Å²) in [5, 5.41) is 0. The number of hydrogen-bond acceptors (Lipinski definition) is 2. The lowest BCUT2D eigenvalue weighted by Gasteiger charge is -2.37. The van der Waals surface area contributed by atoms with Crippen molar-refractivity contribution in [3.8, 4) is 5.75 Å². The van der Waals surface area contributed by atoms with Crippen molar-refractivity contribution < 1.29 is 9.53 Å². The van der Waals surface area contributed by atoms with Crippen molar-refractivity contribution >= 4 is 12.0 Å². The number of benzene rings is 2. The predicted molar refractivity (Wildman–Crippen MR) is 96.8 cm³/mol. The van der Waals surface area contributed by atoms with Crippen molar-refractivity contribution in [3.63, 3.8) is 0 Å². The van der Waals surface area contributed by atoms with E-state index in [1.165, 1.54) is 0 Å². The van der Waals surface area contributed by atoms with Gasteiger partial charge in [-0.2, -0.15) is 0 Å². The number of amides is 1. The molecule has 0 N–H and O–H groups in total. The number of carbonyl (C=O) groups excluding carboxylic acids is 1. The van der Waals surface area contributed by atoms with E-state index in [1.54, 1.807) is 6.08 Å². The van der Waals surface area contributed by atoms with Crippen LogP contribution in [0.4, 0.5) is 0 Å². The van der Waals surface area contributed by atoms with E-state index in [1.807, 2.05) is 53.4 Å². The summed E-state index contributed by atoms with van der Waals surface area (Å²) in [4.78, 5) is 14.3. The third kappa shape index (κ3) is 3.85. The lowest BCUT2D eigenvalue weighted by Crippen LogP contribution is -2.49.